The molecule has 0 radical (unpaired) electrons. The van der Waals surface area contributed by atoms with Gasteiger partial charge < -0.3 is 15.1 Å². The molecule has 0 aromatic carbocycles. The molecule has 0 spiro atoms. The molecule has 3 heteroatoms. The maximum atomic E-state index is 6.06. The zero-order valence-corrected chi connectivity index (χ0v) is 9.36. The van der Waals surface area contributed by atoms with Crippen molar-refractivity contribution in [1.82, 2.24) is 4.90 Å². The predicted octanol–water partition coefficient (Wildman–Crippen LogP) is 1.84. The number of hydrogen-bond acceptors (Lipinski definition) is 3. The summed E-state index contributed by atoms with van der Waals surface area (Å²) in [6.45, 7) is 2.06. The Hall–Kier alpha value is -0.800. The highest BCUT2D eigenvalue weighted by Crippen LogP contribution is 2.24. The van der Waals surface area contributed by atoms with Crippen LogP contribution in [0.2, 0.25) is 0 Å². The van der Waals surface area contributed by atoms with Crippen molar-refractivity contribution in [3.05, 3.63) is 24.2 Å². The first-order valence-corrected chi connectivity index (χ1v) is 5.71. The van der Waals surface area contributed by atoms with Gasteiger partial charge in [0, 0.05) is 24.7 Å². The van der Waals surface area contributed by atoms with Gasteiger partial charge in [-0.15, -0.1) is 0 Å². The Morgan fingerprint density at radius 3 is 3.00 bits per heavy atom. The van der Waals surface area contributed by atoms with Crippen LogP contribution in [-0.2, 0) is 6.54 Å². The second kappa shape index (κ2) is 4.81. The summed E-state index contributed by atoms with van der Waals surface area (Å²) in [5.41, 5.74) is 7.30. The lowest BCUT2D eigenvalue weighted by Gasteiger charge is -2.22. The van der Waals surface area contributed by atoms with E-state index < -0.39 is 0 Å². The molecule has 0 bridgehead atoms. The smallest absolute Gasteiger partial charge is 0.0947 e. The summed E-state index contributed by atoms with van der Waals surface area (Å²) in [4.78, 5) is 2.33. The van der Waals surface area contributed by atoms with Gasteiger partial charge in [-0.1, -0.05) is 6.42 Å². The van der Waals surface area contributed by atoms with Gasteiger partial charge in [-0.3, -0.25) is 0 Å². The first-order chi connectivity index (χ1) is 7.25. The molecular weight excluding hydrogens is 188 g/mol. The van der Waals surface area contributed by atoms with E-state index in [1.807, 2.05) is 12.3 Å². The summed E-state index contributed by atoms with van der Waals surface area (Å²) in [7, 11) is 2.15. The molecule has 0 saturated heterocycles. The highest BCUT2D eigenvalue weighted by molar-refractivity contribution is 5.04. The van der Waals surface area contributed by atoms with E-state index >= 15 is 0 Å². The van der Waals surface area contributed by atoms with E-state index in [0.717, 1.165) is 13.1 Å². The van der Waals surface area contributed by atoms with Crippen LogP contribution in [0.5, 0.6) is 0 Å². The molecule has 1 aliphatic rings. The van der Waals surface area contributed by atoms with Crippen molar-refractivity contribution in [3.63, 3.8) is 0 Å². The molecule has 1 aromatic rings. The van der Waals surface area contributed by atoms with Crippen LogP contribution in [-0.4, -0.2) is 24.5 Å². The molecule has 0 aliphatic heterocycles. The standard InChI is InChI=1S/C12H20N2O/c1-14(7-10-5-6-15-9-10)8-11-3-2-4-12(11)13/h5-6,9,11-12H,2-4,7-8,13H2,1H3. The molecule has 3 nitrogen and oxygen atoms in total. The maximum absolute atomic E-state index is 6.06. The van der Waals surface area contributed by atoms with Gasteiger partial charge in [-0.25, -0.2) is 0 Å². The predicted molar refractivity (Wildman–Crippen MR) is 60.4 cm³/mol. The molecule has 84 valence electrons. The number of rotatable bonds is 4. The number of nitrogens with two attached hydrogens (primary N) is 1. The second-order valence-electron chi connectivity index (χ2n) is 4.68. The fourth-order valence-corrected chi connectivity index (χ4v) is 2.45. The van der Waals surface area contributed by atoms with Crippen molar-refractivity contribution in [1.29, 1.82) is 0 Å². The Balaban J connectivity index is 1.79. The maximum Gasteiger partial charge on any atom is 0.0947 e. The largest absolute Gasteiger partial charge is 0.472 e. The molecule has 1 fully saturated rings. The molecule has 2 rings (SSSR count). The van der Waals surface area contributed by atoms with Crippen LogP contribution in [0.4, 0.5) is 0 Å². The fraction of sp³-hybridized carbons (Fsp3) is 0.667. The molecule has 2 atom stereocenters. The topological polar surface area (TPSA) is 42.4 Å². The first-order valence-electron chi connectivity index (χ1n) is 5.71. The summed E-state index contributed by atoms with van der Waals surface area (Å²) in [5, 5.41) is 0. The van der Waals surface area contributed by atoms with Gasteiger partial charge in [0.1, 0.15) is 0 Å². The molecule has 2 unspecified atom stereocenters. The van der Waals surface area contributed by atoms with Crippen LogP contribution in [0.1, 0.15) is 24.8 Å². The van der Waals surface area contributed by atoms with Crippen molar-refractivity contribution >= 4 is 0 Å². The lowest BCUT2D eigenvalue weighted by atomic mass is 10.0. The molecule has 15 heavy (non-hydrogen) atoms. The van der Waals surface area contributed by atoms with E-state index in [9.17, 15) is 0 Å². The van der Waals surface area contributed by atoms with Gasteiger partial charge in [0.2, 0.25) is 0 Å². The minimum atomic E-state index is 0.414. The highest BCUT2D eigenvalue weighted by Gasteiger charge is 2.24. The zero-order chi connectivity index (χ0) is 10.7. The van der Waals surface area contributed by atoms with Crippen LogP contribution >= 0.6 is 0 Å². The van der Waals surface area contributed by atoms with Crippen molar-refractivity contribution in [2.24, 2.45) is 11.7 Å². The van der Waals surface area contributed by atoms with Gasteiger partial charge in [-0.2, -0.15) is 0 Å². The summed E-state index contributed by atoms with van der Waals surface area (Å²) in [6.07, 6.45) is 7.32. The van der Waals surface area contributed by atoms with Crippen molar-refractivity contribution in [2.45, 2.75) is 31.8 Å². The molecule has 1 saturated carbocycles. The van der Waals surface area contributed by atoms with Crippen molar-refractivity contribution in [2.75, 3.05) is 13.6 Å². The van der Waals surface area contributed by atoms with E-state index in [1.54, 1.807) is 6.26 Å². The fourth-order valence-electron chi connectivity index (χ4n) is 2.45. The summed E-state index contributed by atoms with van der Waals surface area (Å²) >= 11 is 0. The lowest BCUT2D eigenvalue weighted by molar-refractivity contribution is 0.258. The number of hydrogen-bond donors (Lipinski definition) is 1. The van der Waals surface area contributed by atoms with Crippen molar-refractivity contribution < 1.29 is 4.42 Å². The Bertz CT molecular complexity index is 284. The minimum Gasteiger partial charge on any atom is -0.472 e. The molecular formula is C12H20N2O. The Morgan fingerprint density at radius 1 is 1.53 bits per heavy atom. The molecule has 0 amide bonds. The van der Waals surface area contributed by atoms with Crippen LogP contribution in [0.3, 0.4) is 0 Å². The van der Waals surface area contributed by atoms with E-state index in [4.69, 9.17) is 10.2 Å². The molecule has 1 aliphatic carbocycles. The van der Waals surface area contributed by atoms with E-state index in [0.29, 0.717) is 12.0 Å². The van der Waals surface area contributed by atoms with Crippen molar-refractivity contribution in [3.8, 4) is 0 Å². The van der Waals surface area contributed by atoms with Crippen LogP contribution in [0.25, 0.3) is 0 Å². The van der Waals surface area contributed by atoms with Gasteiger partial charge in [0.05, 0.1) is 12.5 Å². The number of nitrogens with zero attached hydrogens (tertiary/aromatic N) is 1. The average Bonchev–Trinajstić information content (AvgIpc) is 2.79. The van der Waals surface area contributed by atoms with E-state index in [1.165, 1.54) is 24.8 Å². The first kappa shape index (κ1) is 10.7. The van der Waals surface area contributed by atoms with Gasteiger partial charge in [-0.05, 0) is 31.9 Å². The van der Waals surface area contributed by atoms with E-state index in [-0.39, 0.29) is 0 Å². The van der Waals surface area contributed by atoms with Crippen LogP contribution in [0, 0.1) is 5.92 Å². The molecule has 1 aromatic heterocycles. The monoisotopic (exact) mass is 208 g/mol. The lowest BCUT2D eigenvalue weighted by Crippen LogP contribution is -2.33. The SMILES string of the molecule is CN(Cc1ccoc1)CC1CCCC1N. The minimum absolute atomic E-state index is 0.414. The number of furan rings is 1. The Labute approximate surface area is 91.2 Å². The van der Waals surface area contributed by atoms with Gasteiger partial charge in [0.25, 0.3) is 0 Å². The quantitative estimate of drug-likeness (QED) is 0.821. The third-order valence-electron chi connectivity index (χ3n) is 3.30. The zero-order valence-electron chi connectivity index (χ0n) is 9.36. The van der Waals surface area contributed by atoms with Crippen LogP contribution < -0.4 is 5.73 Å². The summed E-state index contributed by atoms with van der Waals surface area (Å²) in [5.74, 6) is 0.682. The van der Waals surface area contributed by atoms with Gasteiger partial charge >= 0.3 is 0 Å². The second-order valence-corrected chi connectivity index (χ2v) is 4.68. The molecule has 2 N–H and O–H groups in total. The summed E-state index contributed by atoms with van der Waals surface area (Å²) in [6, 6.07) is 2.43. The summed E-state index contributed by atoms with van der Waals surface area (Å²) < 4.78 is 5.06. The average molecular weight is 208 g/mol. The highest BCUT2D eigenvalue weighted by atomic mass is 16.3. The normalized spacial score (nSPS) is 26.3. The van der Waals surface area contributed by atoms with Gasteiger partial charge in [0.15, 0.2) is 0 Å². The third-order valence-corrected chi connectivity index (χ3v) is 3.30. The van der Waals surface area contributed by atoms with E-state index in [2.05, 4.69) is 11.9 Å². The Kier molecular flexibility index (Phi) is 3.44. The van der Waals surface area contributed by atoms with Crippen LogP contribution in [0.15, 0.2) is 23.0 Å². The third kappa shape index (κ3) is 2.83. The molecule has 1 heterocycles. The Morgan fingerprint density at radius 2 is 2.40 bits per heavy atom.